The summed E-state index contributed by atoms with van der Waals surface area (Å²) in [4.78, 5) is 11.5. The number of rotatable bonds is 3. The summed E-state index contributed by atoms with van der Waals surface area (Å²) >= 11 is 0. The Balaban J connectivity index is 2.31. The van der Waals surface area contributed by atoms with E-state index in [1.165, 1.54) is 11.1 Å². The average Bonchev–Trinajstić information content (AvgIpc) is 2.29. The van der Waals surface area contributed by atoms with Gasteiger partial charge in [-0.15, -0.1) is 0 Å². The summed E-state index contributed by atoms with van der Waals surface area (Å²) in [5.74, 6) is -0.621. The zero-order chi connectivity index (χ0) is 11.6. The van der Waals surface area contributed by atoms with Gasteiger partial charge in [-0.2, -0.15) is 0 Å². The van der Waals surface area contributed by atoms with Gasteiger partial charge in [0.2, 0.25) is 0 Å². The molecule has 2 nitrogen and oxygen atoms in total. The Morgan fingerprint density at radius 2 is 2.06 bits per heavy atom. The zero-order valence-electron chi connectivity index (χ0n) is 9.70. The van der Waals surface area contributed by atoms with Crippen molar-refractivity contribution in [3.05, 3.63) is 35.4 Å². The summed E-state index contributed by atoms with van der Waals surface area (Å²) in [6, 6.07) is 8.23. The number of hydrogen-bond donors (Lipinski definition) is 1. The van der Waals surface area contributed by atoms with E-state index in [-0.39, 0.29) is 0 Å². The third-order valence-electron chi connectivity index (χ3n) is 3.70. The van der Waals surface area contributed by atoms with Crippen molar-refractivity contribution >= 4 is 5.97 Å². The minimum atomic E-state index is -0.621. The van der Waals surface area contributed by atoms with Gasteiger partial charge in [-0.05, 0) is 36.8 Å². The molecule has 0 saturated heterocycles. The fourth-order valence-electron chi connectivity index (χ4n) is 2.78. The monoisotopic (exact) mass is 218 g/mol. The van der Waals surface area contributed by atoms with Gasteiger partial charge in [0.15, 0.2) is 0 Å². The maximum atomic E-state index is 11.5. The highest BCUT2D eigenvalue weighted by Crippen LogP contribution is 2.39. The molecule has 1 aromatic carbocycles. The van der Waals surface area contributed by atoms with E-state index in [2.05, 4.69) is 19.1 Å². The molecule has 0 spiro atoms. The van der Waals surface area contributed by atoms with E-state index in [1.807, 2.05) is 12.1 Å². The van der Waals surface area contributed by atoms with E-state index >= 15 is 0 Å². The quantitative estimate of drug-likeness (QED) is 0.846. The van der Waals surface area contributed by atoms with Crippen LogP contribution in [0.1, 0.15) is 37.3 Å². The summed E-state index contributed by atoms with van der Waals surface area (Å²) < 4.78 is 0. The topological polar surface area (TPSA) is 37.3 Å². The van der Waals surface area contributed by atoms with E-state index in [4.69, 9.17) is 0 Å². The molecule has 0 aliphatic heterocycles. The molecular formula is C14H18O2. The lowest BCUT2D eigenvalue weighted by Gasteiger charge is -2.34. The number of carboxylic acid groups (broad SMARTS) is 1. The maximum Gasteiger partial charge on any atom is 0.309 e. The van der Waals surface area contributed by atoms with Crippen molar-refractivity contribution in [1.82, 2.24) is 0 Å². The van der Waals surface area contributed by atoms with E-state index in [0.29, 0.717) is 6.42 Å². The summed E-state index contributed by atoms with van der Waals surface area (Å²) in [6.45, 7) is 2.06. The van der Waals surface area contributed by atoms with Gasteiger partial charge in [0.25, 0.3) is 0 Å². The van der Waals surface area contributed by atoms with Gasteiger partial charge in [-0.25, -0.2) is 0 Å². The molecule has 1 atom stereocenters. The average molecular weight is 218 g/mol. The van der Waals surface area contributed by atoms with Crippen molar-refractivity contribution in [2.24, 2.45) is 5.41 Å². The predicted octanol–water partition coefficient (Wildman–Crippen LogP) is 3.05. The smallest absolute Gasteiger partial charge is 0.309 e. The second kappa shape index (κ2) is 4.28. The molecule has 1 N–H and O–H groups in total. The third-order valence-corrected chi connectivity index (χ3v) is 3.70. The Hall–Kier alpha value is -1.31. The maximum absolute atomic E-state index is 11.5. The SMILES string of the molecule is CCCC1(C(=O)O)CCc2ccccc2C1. The first-order valence-corrected chi connectivity index (χ1v) is 5.98. The van der Waals surface area contributed by atoms with Gasteiger partial charge in [-0.1, -0.05) is 37.6 Å². The van der Waals surface area contributed by atoms with E-state index in [1.54, 1.807) is 0 Å². The van der Waals surface area contributed by atoms with Crippen molar-refractivity contribution in [1.29, 1.82) is 0 Å². The number of benzene rings is 1. The third kappa shape index (κ3) is 1.84. The molecule has 0 aromatic heterocycles. The Bertz CT molecular complexity index is 397. The number of carboxylic acids is 1. The number of hydrogen-bond acceptors (Lipinski definition) is 1. The van der Waals surface area contributed by atoms with Crippen molar-refractivity contribution in [3.8, 4) is 0 Å². The van der Waals surface area contributed by atoms with Gasteiger partial charge < -0.3 is 5.11 Å². The Morgan fingerprint density at radius 1 is 1.38 bits per heavy atom. The van der Waals surface area contributed by atoms with Gasteiger partial charge >= 0.3 is 5.97 Å². The number of fused-ring (bicyclic) bond motifs is 1. The minimum Gasteiger partial charge on any atom is -0.481 e. The summed E-state index contributed by atoms with van der Waals surface area (Å²) in [7, 11) is 0. The van der Waals surface area contributed by atoms with E-state index in [0.717, 1.165) is 25.7 Å². The van der Waals surface area contributed by atoms with Crippen LogP contribution in [0.25, 0.3) is 0 Å². The lowest BCUT2D eigenvalue weighted by molar-refractivity contribution is -0.150. The highest BCUT2D eigenvalue weighted by atomic mass is 16.4. The molecule has 0 fully saturated rings. The fourth-order valence-corrected chi connectivity index (χ4v) is 2.78. The second-order valence-corrected chi connectivity index (χ2v) is 4.78. The van der Waals surface area contributed by atoms with Crippen molar-refractivity contribution in [3.63, 3.8) is 0 Å². The lowest BCUT2D eigenvalue weighted by atomic mass is 9.69. The molecule has 0 heterocycles. The predicted molar refractivity (Wildman–Crippen MR) is 63.4 cm³/mol. The zero-order valence-corrected chi connectivity index (χ0v) is 9.70. The number of aliphatic carboxylic acids is 1. The molecule has 0 amide bonds. The molecular weight excluding hydrogens is 200 g/mol. The summed E-state index contributed by atoms with van der Waals surface area (Å²) in [6.07, 6.45) is 4.12. The van der Waals surface area contributed by atoms with Crippen LogP contribution in [-0.2, 0) is 17.6 Å². The molecule has 0 radical (unpaired) electrons. The first kappa shape index (κ1) is 11.2. The van der Waals surface area contributed by atoms with Crippen LogP contribution in [0.5, 0.6) is 0 Å². The Morgan fingerprint density at radius 3 is 2.69 bits per heavy atom. The van der Waals surface area contributed by atoms with Gasteiger partial charge in [0.1, 0.15) is 0 Å². The normalized spacial score (nSPS) is 23.8. The van der Waals surface area contributed by atoms with Gasteiger partial charge in [0.05, 0.1) is 5.41 Å². The van der Waals surface area contributed by atoms with Crippen LogP contribution in [0.4, 0.5) is 0 Å². The second-order valence-electron chi connectivity index (χ2n) is 4.78. The molecule has 86 valence electrons. The van der Waals surface area contributed by atoms with Gasteiger partial charge in [0, 0.05) is 0 Å². The molecule has 1 unspecified atom stereocenters. The largest absolute Gasteiger partial charge is 0.481 e. The lowest BCUT2D eigenvalue weighted by Crippen LogP contribution is -2.36. The molecule has 2 rings (SSSR count). The van der Waals surface area contributed by atoms with Crippen LogP contribution in [0.3, 0.4) is 0 Å². The molecule has 1 aliphatic rings. The highest BCUT2D eigenvalue weighted by Gasteiger charge is 2.40. The molecule has 1 aliphatic carbocycles. The van der Waals surface area contributed by atoms with Crippen molar-refractivity contribution in [2.75, 3.05) is 0 Å². The Kier molecular flexibility index (Phi) is 2.99. The minimum absolute atomic E-state index is 0.511. The van der Waals surface area contributed by atoms with Crippen molar-refractivity contribution < 1.29 is 9.90 Å². The standard InChI is InChI=1S/C14H18O2/c1-2-8-14(13(15)16)9-7-11-5-3-4-6-12(11)10-14/h3-6H,2,7-10H2,1H3,(H,15,16). The van der Waals surface area contributed by atoms with Gasteiger partial charge in [-0.3, -0.25) is 4.79 Å². The van der Waals surface area contributed by atoms with Crippen molar-refractivity contribution in [2.45, 2.75) is 39.0 Å². The van der Waals surface area contributed by atoms with E-state index in [9.17, 15) is 9.90 Å². The molecule has 16 heavy (non-hydrogen) atoms. The van der Waals surface area contributed by atoms with Crippen LogP contribution in [-0.4, -0.2) is 11.1 Å². The van der Waals surface area contributed by atoms with Crippen LogP contribution >= 0.6 is 0 Å². The molecule has 1 aromatic rings. The summed E-state index contributed by atoms with van der Waals surface area (Å²) in [5, 5.41) is 9.45. The first-order chi connectivity index (χ1) is 7.68. The number of carbonyl (C=O) groups is 1. The number of aryl methyl sites for hydroxylation is 1. The fraction of sp³-hybridized carbons (Fsp3) is 0.500. The first-order valence-electron chi connectivity index (χ1n) is 5.98. The molecule has 2 heteroatoms. The molecule has 0 saturated carbocycles. The van der Waals surface area contributed by atoms with Crippen LogP contribution < -0.4 is 0 Å². The van der Waals surface area contributed by atoms with Crippen LogP contribution in [0, 0.1) is 5.41 Å². The Labute approximate surface area is 96.3 Å². The van der Waals surface area contributed by atoms with Crippen LogP contribution in [0.15, 0.2) is 24.3 Å². The van der Waals surface area contributed by atoms with E-state index < -0.39 is 11.4 Å². The van der Waals surface area contributed by atoms with Crippen LogP contribution in [0.2, 0.25) is 0 Å². The highest BCUT2D eigenvalue weighted by molar-refractivity contribution is 5.75. The summed E-state index contributed by atoms with van der Waals surface area (Å²) in [5.41, 5.74) is 2.04. The molecule has 0 bridgehead atoms.